The largest absolute Gasteiger partial charge is 0.733 e. The van der Waals surface area contributed by atoms with Gasteiger partial charge in [-0.1, -0.05) is 59.1 Å². The number of piperidine rings is 1. The van der Waals surface area contributed by atoms with Crippen LogP contribution in [0.4, 0.5) is 17.1 Å². The number of pyridine rings is 1. The van der Waals surface area contributed by atoms with Gasteiger partial charge < -0.3 is 41.0 Å². The number of aromatic nitrogens is 2. The molecule has 1 unspecified atom stereocenters. The molecule has 6 aromatic rings. The highest BCUT2D eigenvalue weighted by Crippen LogP contribution is 2.43. The average Bonchev–Trinajstić information content (AvgIpc) is 2.53. The van der Waals surface area contributed by atoms with Crippen molar-refractivity contribution in [1.82, 2.24) is 40.0 Å². The third-order valence-electron chi connectivity index (χ3n) is 17.3. The number of hydrogen-bond donors (Lipinski definition) is 7. The number of aromatic amines is 1. The second kappa shape index (κ2) is 25.6. The lowest BCUT2D eigenvalue weighted by atomic mass is 9.72. The zero-order chi connectivity index (χ0) is 59.6. The van der Waals surface area contributed by atoms with Crippen LogP contribution in [0.5, 0.6) is 11.5 Å². The molecule has 5 aliphatic rings. The van der Waals surface area contributed by atoms with Crippen molar-refractivity contribution in [3.8, 4) is 11.5 Å². The van der Waals surface area contributed by atoms with E-state index in [1.54, 1.807) is 29.3 Å². The minimum atomic E-state index is -4.60. The number of imide groups is 1. The third-order valence-corrected chi connectivity index (χ3v) is 19.6. The number of piperazine rings is 1. The fourth-order valence-electron chi connectivity index (χ4n) is 12.5. The number of hydrogen-bond acceptors (Lipinski definition) is 16. The van der Waals surface area contributed by atoms with Crippen molar-refractivity contribution < 1.29 is 37.5 Å². The van der Waals surface area contributed by atoms with Crippen molar-refractivity contribution in [2.24, 2.45) is 11.3 Å². The minimum absolute atomic E-state index is 0.0725. The van der Waals surface area contributed by atoms with Gasteiger partial charge >= 0.3 is 0 Å². The number of ether oxygens (including phenoxy) is 1. The molecule has 23 heteroatoms. The summed E-state index contributed by atoms with van der Waals surface area (Å²) in [6.07, 6.45) is 10.7. The summed E-state index contributed by atoms with van der Waals surface area (Å²) in [5.41, 5.74) is 7.69. The molecular weight excluding hydrogens is 1190 g/mol. The van der Waals surface area contributed by atoms with Crippen LogP contribution in [0.3, 0.4) is 0 Å². The van der Waals surface area contributed by atoms with Crippen molar-refractivity contribution in [2.45, 2.75) is 102 Å². The lowest BCUT2D eigenvalue weighted by molar-refractivity contribution is -0.136. The van der Waals surface area contributed by atoms with Gasteiger partial charge in [-0.2, -0.15) is 0 Å². The van der Waals surface area contributed by atoms with Gasteiger partial charge in [-0.15, -0.1) is 0 Å². The minimum Gasteiger partial charge on any atom is -0.733 e. The summed E-state index contributed by atoms with van der Waals surface area (Å²) in [5, 5.41) is 36.6. The summed E-state index contributed by atoms with van der Waals surface area (Å²) in [6, 6.07) is 23.9. The van der Waals surface area contributed by atoms with Gasteiger partial charge in [0.05, 0.1) is 28.0 Å². The maximum Gasteiger partial charge on any atom is 0.268 e. The highest BCUT2D eigenvalue weighted by molar-refractivity contribution is 9.10. The van der Waals surface area contributed by atoms with Crippen molar-refractivity contribution in [3.63, 3.8) is 0 Å². The van der Waals surface area contributed by atoms with Crippen molar-refractivity contribution in [3.05, 3.63) is 145 Å². The molecule has 11 rings (SSSR count). The number of allylic oxidation sites excluding steroid dienone is 1. The fourth-order valence-corrected chi connectivity index (χ4v) is 14.3. The van der Waals surface area contributed by atoms with E-state index in [-0.39, 0.29) is 57.5 Å². The maximum atomic E-state index is 14.0. The number of carbonyl (C=O) groups is 4. The SMILES string of the molecule is CC1(C)CCC(CNCCNc2ccc(C(=O)NS(=O)(=O)c3ccc(NCC4CCC(N5CCN(Cc6cc(Br)c7c(c6)C(=O)N(C6CCC(=O)NC6=O)C7)CC5)CC4)c(N([O-])O)c3)c(Oc3cnc4[nH]ccc4c3)c2)=C(c2ccc(Cl)cc2)C1. The Morgan fingerprint density at radius 2 is 1.72 bits per heavy atom. The molecule has 3 aliphatic heterocycles. The molecule has 0 bridgehead atoms. The van der Waals surface area contributed by atoms with Crippen LogP contribution in [0.25, 0.3) is 16.6 Å². The van der Waals surface area contributed by atoms with Gasteiger partial charge in [-0.05, 0) is 152 Å². The maximum absolute atomic E-state index is 14.0. The van der Waals surface area contributed by atoms with Crippen LogP contribution < -0.4 is 36.0 Å². The first kappa shape index (κ1) is 59.8. The third kappa shape index (κ3) is 14.0. The topological polar surface area (TPSA) is 257 Å². The number of rotatable bonds is 20. The average molecular weight is 1260 g/mol. The van der Waals surface area contributed by atoms with Crippen LogP contribution in [0.1, 0.15) is 109 Å². The van der Waals surface area contributed by atoms with Crippen molar-refractivity contribution in [2.75, 3.05) is 68.2 Å². The molecule has 4 aromatic carbocycles. The molecule has 7 N–H and O–H groups in total. The van der Waals surface area contributed by atoms with Gasteiger partial charge in [-0.25, -0.2) is 18.1 Å². The second-order valence-corrected chi connectivity index (χ2v) is 26.7. The lowest BCUT2D eigenvalue weighted by Crippen LogP contribution is -2.52. The van der Waals surface area contributed by atoms with Crippen LogP contribution in [-0.4, -0.2) is 126 Å². The quantitative estimate of drug-likeness (QED) is 0.0213. The highest BCUT2D eigenvalue weighted by atomic mass is 79.9. The summed E-state index contributed by atoms with van der Waals surface area (Å²) < 4.78 is 37.1. The first-order valence-electron chi connectivity index (χ1n) is 29.0. The fraction of sp³-hybridized carbons (Fsp3) is 0.403. The number of halogens is 2. The van der Waals surface area contributed by atoms with Crippen molar-refractivity contribution >= 4 is 94.9 Å². The molecule has 2 aromatic heterocycles. The molecular formula is C62H70BrClN11O9S-. The Hall–Kier alpha value is -6.89. The van der Waals surface area contributed by atoms with E-state index in [1.165, 1.54) is 41.1 Å². The first-order valence-corrected chi connectivity index (χ1v) is 31.7. The monoisotopic (exact) mass is 1260 g/mol. The standard InChI is InChI=1S/C62H70BrClN11O9S/c1-62(2)19-17-42(50(32-62)40-5-7-43(64)8-6-40)34-65-21-22-66-44-9-13-48(56(30-44)84-46-29-41-18-20-67-58(41)69-35-46)59(77)71-85(82,83)47-12-14-53(55(31-47)75(80)81)68-33-38-3-10-45(11-4-38)73-25-23-72(24-26-73)36-39-27-49-51(52(63)28-39)37-74(61(49)79)54-15-16-57(76)70-60(54)78/h5-9,12-14,18,20,27-31,35,38,45,54,65-66,68,80H,3-4,10-11,15-17,19,21-26,32-34,36-37H2,1-2H3,(H,67,69)(H,71,77)(H,70,76,78)/q-1. The molecule has 20 nitrogen and oxygen atoms in total. The number of anilines is 3. The molecule has 1 saturated carbocycles. The van der Waals surface area contributed by atoms with Gasteiger partial charge in [0, 0.05) is 116 Å². The molecule has 1 atom stereocenters. The summed E-state index contributed by atoms with van der Waals surface area (Å²) in [5.74, 6) is -1.25. The number of sulfonamides is 1. The Labute approximate surface area is 507 Å². The summed E-state index contributed by atoms with van der Waals surface area (Å²) in [6.45, 7) is 11.5. The van der Waals surface area contributed by atoms with Gasteiger partial charge in [0.1, 0.15) is 23.2 Å². The zero-order valence-electron chi connectivity index (χ0n) is 47.5. The molecule has 5 heterocycles. The van der Waals surface area contributed by atoms with E-state index >= 15 is 0 Å². The van der Waals surface area contributed by atoms with Gasteiger partial charge in [-0.3, -0.25) is 39.5 Å². The van der Waals surface area contributed by atoms with E-state index in [4.69, 9.17) is 16.3 Å². The zero-order valence-corrected chi connectivity index (χ0v) is 50.7. The Morgan fingerprint density at radius 1 is 0.929 bits per heavy atom. The van der Waals surface area contributed by atoms with Crippen LogP contribution in [0.2, 0.25) is 5.02 Å². The number of H-pyrrole nitrogens is 1. The van der Waals surface area contributed by atoms with Crippen LogP contribution in [-0.2, 0) is 32.7 Å². The molecule has 0 spiro atoms. The van der Waals surface area contributed by atoms with Crippen molar-refractivity contribution in [1.29, 1.82) is 0 Å². The summed E-state index contributed by atoms with van der Waals surface area (Å²) in [7, 11) is -4.60. The van der Waals surface area contributed by atoms with E-state index in [0.29, 0.717) is 72.9 Å². The molecule has 448 valence electrons. The van der Waals surface area contributed by atoms with E-state index in [2.05, 4.69) is 93.7 Å². The van der Waals surface area contributed by atoms with E-state index in [9.17, 15) is 38.0 Å². The number of fused-ring (bicyclic) bond motifs is 2. The van der Waals surface area contributed by atoms with Crippen LogP contribution in [0.15, 0.2) is 112 Å². The molecule has 85 heavy (non-hydrogen) atoms. The van der Waals surface area contributed by atoms with Gasteiger partial charge in [0.25, 0.3) is 21.8 Å². The predicted molar refractivity (Wildman–Crippen MR) is 330 cm³/mol. The Kier molecular flexibility index (Phi) is 18.0. The molecule has 2 aliphatic carbocycles. The lowest BCUT2D eigenvalue weighted by Gasteiger charge is -2.42. The Morgan fingerprint density at radius 3 is 2.48 bits per heavy atom. The number of nitrogens with zero attached hydrogens (tertiary/aromatic N) is 5. The second-order valence-electron chi connectivity index (χ2n) is 23.7. The van der Waals surface area contributed by atoms with Gasteiger partial charge in [0.15, 0.2) is 0 Å². The first-order chi connectivity index (χ1) is 40.8. The van der Waals surface area contributed by atoms with E-state index < -0.39 is 32.8 Å². The van der Waals surface area contributed by atoms with E-state index in [0.717, 1.165) is 105 Å². The Bertz CT molecular complexity index is 3660. The smallest absolute Gasteiger partial charge is 0.268 e. The van der Waals surface area contributed by atoms with E-state index in [1.807, 2.05) is 24.3 Å². The van der Waals surface area contributed by atoms with Crippen LogP contribution in [0, 0.1) is 16.5 Å². The number of nitrogens with one attached hydrogen (secondary N) is 6. The van der Waals surface area contributed by atoms with Gasteiger partial charge in [0.2, 0.25) is 11.8 Å². The number of benzene rings is 4. The molecule has 0 radical (unpaired) electrons. The highest BCUT2D eigenvalue weighted by Gasteiger charge is 2.40. The predicted octanol–water partition coefficient (Wildman–Crippen LogP) is 9.80. The molecule has 2 saturated heterocycles. The summed E-state index contributed by atoms with van der Waals surface area (Å²) in [4.78, 5) is 65.5. The summed E-state index contributed by atoms with van der Waals surface area (Å²) >= 11 is 9.91. The van der Waals surface area contributed by atoms with Crippen LogP contribution >= 0.6 is 27.5 Å². The molecule has 4 amide bonds. The number of amides is 4. The molecule has 3 fully saturated rings. The Balaban J connectivity index is 0.672. The normalized spacial score (nSPS) is 20.3. The number of carbonyl (C=O) groups excluding carboxylic acids is 4.